The van der Waals surface area contributed by atoms with Crippen LogP contribution in [0.3, 0.4) is 0 Å². The first-order chi connectivity index (χ1) is 13.0. The molecule has 0 unspecified atom stereocenters. The fraction of sp³-hybridized carbons (Fsp3) is 0.125. The van der Waals surface area contributed by atoms with E-state index in [1.54, 1.807) is 10.7 Å². The van der Waals surface area contributed by atoms with Crippen LogP contribution in [0, 0.1) is 20.4 Å². The second-order valence-electron chi connectivity index (χ2n) is 5.58. The van der Waals surface area contributed by atoms with Crippen LogP contribution in [0.25, 0.3) is 17.1 Å². The zero-order valence-electron chi connectivity index (χ0n) is 14.7. The molecule has 1 aromatic carbocycles. The lowest BCUT2D eigenvalue weighted by molar-refractivity contribution is -2.00. The molecule has 0 N–H and O–H groups in total. The van der Waals surface area contributed by atoms with Gasteiger partial charge in [0.05, 0.1) is 17.3 Å². The Bertz CT molecular complexity index is 967. The average Bonchev–Trinajstić information content (AvgIpc) is 3.20. The van der Waals surface area contributed by atoms with E-state index < -0.39 is 15.2 Å². The van der Waals surface area contributed by atoms with Gasteiger partial charge in [-0.25, -0.2) is 27.9 Å². The molecule has 0 fully saturated rings. The van der Waals surface area contributed by atoms with Gasteiger partial charge in [0.25, 0.3) is 0 Å². The molecule has 0 amide bonds. The van der Waals surface area contributed by atoms with Crippen LogP contribution >= 0.6 is 0 Å². The molecule has 11 nitrogen and oxygen atoms in total. The van der Waals surface area contributed by atoms with Crippen LogP contribution in [0.1, 0.15) is 5.56 Å². The van der Waals surface area contributed by atoms with Crippen LogP contribution in [0.15, 0.2) is 53.1 Å². The zero-order valence-corrected chi connectivity index (χ0v) is 15.5. The van der Waals surface area contributed by atoms with Crippen molar-refractivity contribution in [2.75, 3.05) is 14.1 Å². The number of nitrogens with zero attached hydrogens (tertiary/aromatic N) is 4. The van der Waals surface area contributed by atoms with Crippen molar-refractivity contribution in [2.45, 2.75) is 0 Å². The minimum atomic E-state index is -4.94. The first-order valence-corrected chi connectivity index (χ1v) is 8.81. The summed E-state index contributed by atoms with van der Waals surface area (Å²) in [5.41, 5.74) is 2.26. The Morgan fingerprint density at radius 3 is 2.18 bits per heavy atom. The van der Waals surface area contributed by atoms with Crippen LogP contribution in [-0.4, -0.2) is 39.6 Å². The molecular weight excluding hydrogens is 396 g/mol. The van der Waals surface area contributed by atoms with Gasteiger partial charge in [-0.2, -0.15) is 5.10 Å². The van der Waals surface area contributed by atoms with Crippen molar-refractivity contribution in [3.8, 4) is 17.1 Å². The lowest BCUT2D eigenvalue weighted by atomic mass is 10.2. The highest BCUT2D eigenvalue weighted by molar-refractivity contribution is 5.85. The summed E-state index contributed by atoms with van der Waals surface area (Å²) in [7, 11) is -1.15. The van der Waals surface area contributed by atoms with Gasteiger partial charge in [0, 0.05) is 6.20 Å². The molecule has 0 atom stereocenters. The summed E-state index contributed by atoms with van der Waals surface area (Å²) in [6.07, 6.45) is 3.75. The molecule has 12 heteroatoms. The third-order valence-corrected chi connectivity index (χ3v) is 3.17. The van der Waals surface area contributed by atoms with Crippen molar-refractivity contribution in [3.05, 3.63) is 64.3 Å². The molecular formula is C16H15ClN4O7. The lowest BCUT2D eigenvalue weighted by Gasteiger charge is -2.17. The van der Waals surface area contributed by atoms with Crippen LogP contribution < -0.4 is 18.6 Å². The van der Waals surface area contributed by atoms with Crippen LogP contribution in [0.4, 0.5) is 5.88 Å². The molecule has 148 valence electrons. The van der Waals surface area contributed by atoms with E-state index >= 15 is 0 Å². The summed E-state index contributed by atoms with van der Waals surface area (Å²) in [4.78, 5) is 10.2. The van der Waals surface area contributed by atoms with Crippen molar-refractivity contribution in [1.82, 2.24) is 9.78 Å². The van der Waals surface area contributed by atoms with Crippen molar-refractivity contribution in [1.29, 1.82) is 0 Å². The minimum absolute atomic E-state index is 0.301. The fourth-order valence-corrected chi connectivity index (χ4v) is 2.22. The van der Waals surface area contributed by atoms with Gasteiger partial charge in [0.2, 0.25) is 0 Å². The van der Waals surface area contributed by atoms with Crippen molar-refractivity contribution >= 4 is 12.1 Å². The number of hydrogen-bond acceptors (Lipinski definition) is 8. The first-order valence-electron chi connectivity index (χ1n) is 7.57. The van der Waals surface area contributed by atoms with E-state index in [1.165, 1.54) is 6.07 Å². The van der Waals surface area contributed by atoms with Gasteiger partial charge in [-0.3, -0.25) is 10.1 Å². The molecule has 2 heterocycles. The molecule has 0 bridgehead atoms. The summed E-state index contributed by atoms with van der Waals surface area (Å²) in [6, 6.07) is 12.5. The molecule has 28 heavy (non-hydrogen) atoms. The molecule has 0 aliphatic rings. The van der Waals surface area contributed by atoms with E-state index in [2.05, 4.69) is 5.10 Å². The van der Waals surface area contributed by atoms with E-state index in [9.17, 15) is 10.1 Å². The highest BCUT2D eigenvalue weighted by atomic mass is 35.7. The Hall–Kier alpha value is -3.09. The Morgan fingerprint density at radius 1 is 1.07 bits per heavy atom. The second-order valence-corrected chi connectivity index (χ2v) is 6.33. The van der Waals surface area contributed by atoms with Gasteiger partial charge in [0.15, 0.2) is 12.0 Å². The predicted octanol–water partition coefficient (Wildman–Crippen LogP) is -2.02. The third-order valence-electron chi connectivity index (χ3n) is 3.17. The number of nitro groups is 1. The smallest absolute Gasteiger partial charge is 0.399 e. The van der Waals surface area contributed by atoms with Crippen LogP contribution in [0.2, 0.25) is 0 Å². The second kappa shape index (κ2) is 8.73. The van der Waals surface area contributed by atoms with E-state index in [-0.39, 0.29) is 5.88 Å². The number of hydrogen-bond donors (Lipinski definition) is 0. The van der Waals surface area contributed by atoms with Crippen LogP contribution in [-0.2, 0) is 0 Å². The quantitative estimate of drug-likeness (QED) is 0.205. The summed E-state index contributed by atoms with van der Waals surface area (Å²) in [5, 5.41) is 15.3. The van der Waals surface area contributed by atoms with Gasteiger partial charge >= 0.3 is 5.88 Å². The normalized spacial score (nSPS) is 10.8. The number of benzene rings is 1. The maximum Gasteiger partial charge on any atom is 0.433 e. The van der Waals surface area contributed by atoms with Crippen molar-refractivity contribution in [3.63, 3.8) is 0 Å². The monoisotopic (exact) mass is 410 g/mol. The maximum absolute atomic E-state index is 10.8. The summed E-state index contributed by atoms with van der Waals surface area (Å²) in [5.74, 6) is 0.0598. The van der Waals surface area contributed by atoms with Crippen molar-refractivity contribution in [2.24, 2.45) is 0 Å². The van der Waals surface area contributed by atoms with E-state index in [0.29, 0.717) is 11.5 Å². The van der Waals surface area contributed by atoms with E-state index in [0.717, 1.165) is 11.3 Å². The standard InChI is InChI=1S/C16H15N4O3.ClHO4/c1-18(2)10-12-11-19(13-6-4-3-5-7-13)17-16(12)14-8-9-15(23-14)20(21)22;2-1(3,4)5/h3-11H,1-2H3;(H,2,3,4,5)/q+1;/p-1. The van der Waals surface area contributed by atoms with Crippen LogP contribution in [0.5, 0.6) is 0 Å². The number of aromatic nitrogens is 2. The van der Waals surface area contributed by atoms with Crippen molar-refractivity contribution < 1.29 is 42.8 Å². The Kier molecular flexibility index (Phi) is 6.62. The first kappa shape index (κ1) is 21.2. The molecule has 3 rings (SSSR count). The number of para-hydroxylation sites is 1. The van der Waals surface area contributed by atoms with Gasteiger partial charge in [0.1, 0.15) is 24.7 Å². The Labute approximate surface area is 160 Å². The molecule has 0 aliphatic carbocycles. The third kappa shape index (κ3) is 6.26. The Balaban J connectivity index is 0.000000500. The summed E-state index contributed by atoms with van der Waals surface area (Å²) in [6.45, 7) is 0. The lowest BCUT2D eigenvalue weighted by Crippen LogP contribution is -2.68. The summed E-state index contributed by atoms with van der Waals surface area (Å²) < 4.78 is 42.9. The average molecular weight is 411 g/mol. The van der Waals surface area contributed by atoms with E-state index in [4.69, 9.17) is 23.1 Å². The van der Waals surface area contributed by atoms with Gasteiger partial charge in [-0.15, -0.1) is 10.2 Å². The summed E-state index contributed by atoms with van der Waals surface area (Å²) >= 11 is 0. The molecule has 0 spiro atoms. The number of halogens is 1. The Morgan fingerprint density at radius 2 is 1.68 bits per heavy atom. The van der Waals surface area contributed by atoms with Gasteiger partial charge < -0.3 is 4.42 Å². The minimum Gasteiger partial charge on any atom is -0.399 e. The fourth-order valence-electron chi connectivity index (χ4n) is 2.22. The topological polar surface area (TPSA) is 169 Å². The molecule has 0 aliphatic heterocycles. The highest BCUT2D eigenvalue weighted by Gasteiger charge is 2.20. The molecule has 2 aromatic heterocycles. The number of furan rings is 1. The molecule has 0 saturated heterocycles. The SMILES string of the molecule is C[N+](C)=Cc1cn(-c2ccccc2)nc1-c1ccc([N+](=O)[O-])o1.[O-][Cl+3]([O-])([O-])[O-]. The van der Waals surface area contributed by atoms with Gasteiger partial charge in [-0.05, 0) is 18.2 Å². The molecule has 0 radical (unpaired) electrons. The predicted molar refractivity (Wildman–Crippen MR) is 85.2 cm³/mol. The highest BCUT2D eigenvalue weighted by Crippen LogP contribution is 2.27. The molecule has 3 aromatic rings. The number of rotatable bonds is 4. The largest absolute Gasteiger partial charge is 0.433 e. The van der Waals surface area contributed by atoms with Gasteiger partial charge in [-0.1, -0.05) is 18.2 Å². The van der Waals surface area contributed by atoms with E-state index in [1.807, 2.05) is 61.4 Å². The maximum atomic E-state index is 10.8. The zero-order chi connectivity index (χ0) is 20.9. The molecule has 0 saturated carbocycles.